The summed E-state index contributed by atoms with van der Waals surface area (Å²) >= 11 is 6.18. The molecule has 0 amide bonds. The third-order valence-electron chi connectivity index (χ3n) is 8.49. The smallest absolute Gasteiger partial charge is 0.429 e. The number of nitrogen functional groups attached to an aromatic ring is 1. The monoisotopic (exact) mass is 641 g/mol. The molecule has 2 aliphatic heterocycles. The van der Waals surface area contributed by atoms with Crippen molar-refractivity contribution in [2.75, 3.05) is 30.3 Å². The van der Waals surface area contributed by atoms with Crippen molar-refractivity contribution in [1.29, 1.82) is 0 Å². The lowest BCUT2D eigenvalue weighted by molar-refractivity contribution is -0.198. The number of halogens is 4. The second kappa shape index (κ2) is 11.9. The molecule has 1 spiro atoms. The van der Waals surface area contributed by atoms with Crippen LogP contribution in [0.3, 0.4) is 0 Å². The maximum atomic E-state index is 14.8. The first-order valence-corrected chi connectivity index (χ1v) is 14.8. The normalized spacial score (nSPS) is 18.7. The van der Waals surface area contributed by atoms with Crippen LogP contribution in [0, 0.1) is 12.3 Å². The number of nitrogens with zero attached hydrogens (tertiary/aromatic N) is 5. The molecule has 0 aliphatic carbocycles. The zero-order valence-corrected chi connectivity index (χ0v) is 25.0. The Morgan fingerprint density at radius 2 is 1.89 bits per heavy atom. The Morgan fingerprint density at radius 3 is 2.53 bits per heavy atom. The molecule has 0 unspecified atom stereocenters. The lowest BCUT2D eigenvalue weighted by Crippen LogP contribution is -2.41. The zero-order chi connectivity index (χ0) is 31.9. The number of anilines is 2. The first kappa shape index (κ1) is 30.7. The number of rotatable bonds is 7. The Labute approximate surface area is 262 Å². The fourth-order valence-corrected chi connectivity index (χ4v) is 6.31. The van der Waals surface area contributed by atoms with E-state index >= 15 is 0 Å². The molecule has 4 N–H and O–H groups in total. The van der Waals surface area contributed by atoms with E-state index in [1.165, 1.54) is 16.8 Å². The third kappa shape index (κ3) is 6.54. The number of carbonyl (C=O) groups is 1. The van der Waals surface area contributed by atoms with E-state index in [1.807, 2.05) is 11.0 Å². The second-order valence-electron chi connectivity index (χ2n) is 11.6. The SMILES string of the molecule is Cc1ccn(-c2cc(-c3cccc(Cl)c3)ccc2[C@@H](Oc2cc(N3CCC4(CC3)CN[C@H](C(=O)O)C4)nc(N)n2)C(F)(F)F)n1. The Balaban J connectivity index is 1.30. The zero-order valence-electron chi connectivity index (χ0n) is 24.3. The van der Waals surface area contributed by atoms with Crippen molar-refractivity contribution in [3.05, 3.63) is 77.1 Å². The molecular formula is C31H31ClF3N7O3. The number of aromatic nitrogens is 4. The van der Waals surface area contributed by atoms with E-state index in [0.29, 0.717) is 61.0 Å². The number of aliphatic carboxylic acids is 1. The number of ether oxygens (including phenoxy) is 1. The van der Waals surface area contributed by atoms with Crippen molar-refractivity contribution in [2.24, 2.45) is 5.41 Å². The predicted molar refractivity (Wildman–Crippen MR) is 163 cm³/mol. The molecule has 4 heterocycles. The molecule has 2 fully saturated rings. The molecule has 2 aromatic carbocycles. The third-order valence-corrected chi connectivity index (χ3v) is 8.72. The Kier molecular flexibility index (Phi) is 8.08. The molecule has 2 aromatic heterocycles. The van der Waals surface area contributed by atoms with Gasteiger partial charge in [0.25, 0.3) is 0 Å². The predicted octanol–water partition coefficient (Wildman–Crippen LogP) is 5.59. The molecule has 2 saturated heterocycles. The molecule has 14 heteroatoms. The molecule has 2 aliphatic rings. The number of hydrogen-bond acceptors (Lipinski definition) is 8. The van der Waals surface area contributed by atoms with Crippen LogP contribution in [0.15, 0.2) is 60.8 Å². The van der Waals surface area contributed by atoms with Crippen molar-refractivity contribution < 1.29 is 27.8 Å². The summed E-state index contributed by atoms with van der Waals surface area (Å²) in [6.45, 7) is 3.40. The summed E-state index contributed by atoms with van der Waals surface area (Å²) in [6.07, 6.45) is -3.73. The summed E-state index contributed by atoms with van der Waals surface area (Å²) in [4.78, 5) is 21.6. The van der Waals surface area contributed by atoms with Gasteiger partial charge in [0.05, 0.1) is 11.4 Å². The van der Waals surface area contributed by atoms with Gasteiger partial charge in [0.2, 0.25) is 17.9 Å². The summed E-state index contributed by atoms with van der Waals surface area (Å²) in [5, 5.41) is 17.3. The van der Waals surface area contributed by atoms with Crippen molar-refractivity contribution >= 4 is 29.3 Å². The molecule has 0 radical (unpaired) electrons. The van der Waals surface area contributed by atoms with Crippen LogP contribution in [0.1, 0.15) is 36.6 Å². The summed E-state index contributed by atoms with van der Waals surface area (Å²) in [5.41, 5.74) is 7.82. The van der Waals surface area contributed by atoms with Gasteiger partial charge in [-0.05, 0) is 67.0 Å². The van der Waals surface area contributed by atoms with Crippen LogP contribution >= 0.6 is 11.6 Å². The van der Waals surface area contributed by atoms with E-state index in [4.69, 9.17) is 22.1 Å². The van der Waals surface area contributed by atoms with E-state index < -0.39 is 24.3 Å². The summed E-state index contributed by atoms with van der Waals surface area (Å²) in [7, 11) is 0. The van der Waals surface area contributed by atoms with Crippen LogP contribution < -0.4 is 20.7 Å². The number of hydrogen-bond donors (Lipinski definition) is 3. The van der Waals surface area contributed by atoms with E-state index in [-0.39, 0.29) is 28.5 Å². The van der Waals surface area contributed by atoms with Crippen LogP contribution in [0.25, 0.3) is 16.8 Å². The van der Waals surface area contributed by atoms with Crippen LogP contribution in [0.4, 0.5) is 24.9 Å². The highest BCUT2D eigenvalue weighted by Crippen LogP contribution is 2.43. The van der Waals surface area contributed by atoms with Crippen LogP contribution in [0.2, 0.25) is 5.02 Å². The van der Waals surface area contributed by atoms with Crippen LogP contribution in [-0.4, -0.2) is 62.7 Å². The molecule has 0 saturated carbocycles. The quantitative estimate of drug-likeness (QED) is 0.236. The van der Waals surface area contributed by atoms with Gasteiger partial charge < -0.3 is 25.8 Å². The number of nitrogens with two attached hydrogens (primary N) is 1. The Hall–Kier alpha value is -4.36. The highest BCUT2D eigenvalue weighted by atomic mass is 35.5. The highest BCUT2D eigenvalue weighted by Gasteiger charge is 2.46. The first-order chi connectivity index (χ1) is 21.4. The highest BCUT2D eigenvalue weighted by molar-refractivity contribution is 6.30. The summed E-state index contributed by atoms with van der Waals surface area (Å²) in [5.74, 6) is -1.08. The average Bonchev–Trinajstić information content (AvgIpc) is 3.62. The van der Waals surface area contributed by atoms with Gasteiger partial charge in [-0.25, -0.2) is 4.68 Å². The van der Waals surface area contributed by atoms with E-state index in [9.17, 15) is 23.1 Å². The van der Waals surface area contributed by atoms with E-state index in [1.54, 1.807) is 49.5 Å². The maximum absolute atomic E-state index is 14.8. The van der Waals surface area contributed by atoms with Gasteiger partial charge in [-0.2, -0.15) is 28.2 Å². The Morgan fingerprint density at radius 1 is 1.13 bits per heavy atom. The number of benzene rings is 2. The lowest BCUT2D eigenvalue weighted by Gasteiger charge is -2.39. The number of alkyl halides is 3. The van der Waals surface area contributed by atoms with Gasteiger partial charge in [-0.1, -0.05) is 35.9 Å². The van der Waals surface area contributed by atoms with E-state index in [0.717, 1.165) is 5.56 Å². The largest absolute Gasteiger partial charge is 0.480 e. The van der Waals surface area contributed by atoms with E-state index in [2.05, 4.69) is 20.4 Å². The van der Waals surface area contributed by atoms with Gasteiger partial charge in [-0.15, -0.1) is 0 Å². The van der Waals surface area contributed by atoms with Crippen LogP contribution in [0.5, 0.6) is 5.88 Å². The second-order valence-corrected chi connectivity index (χ2v) is 12.0. The van der Waals surface area contributed by atoms with Crippen molar-refractivity contribution in [2.45, 2.75) is 44.5 Å². The summed E-state index contributed by atoms with van der Waals surface area (Å²) in [6, 6.07) is 14.1. The minimum atomic E-state index is -4.83. The fraction of sp³-hybridized carbons (Fsp3) is 0.355. The molecule has 4 aromatic rings. The molecule has 0 bridgehead atoms. The lowest BCUT2D eigenvalue weighted by atomic mass is 9.76. The molecule has 6 rings (SSSR count). The average molecular weight is 642 g/mol. The number of piperidine rings is 1. The molecule has 2 atom stereocenters. The number of aryl methyl sites for hydroxylation is 1. The number of carboxylic acids is 1. The molecule has 45 heavy (non-hydrogen) atoms. The van der Waals surface area contributed by atoms with Gasteiger partial charge in [0, 0.05) is 42.5 Å². The Bertz CT molecular complexity index is 1720. The molecule has 236 valence electrons. The standard InChI is InChI=1S/C31H31ClF3N7O3/c1-18-7-10-42(40-18)24-14-20(19-3-2-4-21(32)13-19)5-6-22(24)27(31(33,34)35)45-26-15-25(38-29(36)39-26)41-11-8-30(9-12-41)16-23(28(43)44)37-17-30/h2-7,10,13-15,23,27,37H,8-9,11-12,16-17H2,1H3,(H,43,44)(H2,36,38,39)/t23-,27+/m0/s1. The maximum Gasteiger partial charge on any atom is 0.429 e. The topological polar surface area (TPSA) is 131 Å². The van der Waals surface area contributed by atoms with Gasteiger partial charge in [0.15, 0.2) is 0 Å². The minimum absolute atomic E-state index is 0.155. The number of carboxylic acid groups (broad SMARTS) is 1. The van der Waals surface area contributed by atoms with Gasteiger partial charge in [-0.3, -0.25) is 4.79 Å². The van der Waals surface area contributed by atoms with Gasteiger partial charge >= 0.3 is 12.1 Å². The summed E-state index contributed by atoms with van der Waals surface area (Å²) < 4.78 is 51.3. The number of nitrogens with one attached hydrogen (secondary N) is 1. The van der Waals surface area contributed by atoms with Crippen molar-refractivity contribution in [1.82, 2.24) is 25.1 Å². The molecule has 10 nitrogen and oxygen atoms in total. The van der Waals surface area contributed by atoms with Gasteiger partial charge in [0.1, 0.15) is 11.9 Å². The van der Waals surface area contributed by atoms with Crippen molar-refractivity contribution in [3.63, 3.8) is 0 Å². The first-order valence-electron chi connectivity index (χ1n) is 14.4. The fourth-order valence-electron chi connectivity index (χ4n) is 6.12. The van der Waals surface area contributed by atoms with Crippen LogP contribution in [-0.2, 0) is 4.79 Å². The molecular weight excluding hydrogens is 611 g/mol. The van der Waals surface area contributed by atoms with Crippen molar-refractivity contribution in [3.8, 4) is 22.7 Å². The minimum Gasteiger partial charge on any atom is -0.480 e.